The summed E-state index contributed by atoms with van der Waals surface area (Å²) >= 11 is 6.18. The van der Waals surface area contributed by atoms with E-state index in [2.05, 4.69) is 20.3 Å². The first kappa shape index (κ1) is 10.9. The molecule has 3 aromatic rings. The lowest BCUT2D eigenvalue weighted by atomic mass is 10.2. The molecule has 0 spiro atoms. The molecule has 0 aliphatic heterocycles. The van der Waals surface area contributed by atoms with E-state index in [9.17, 15) is 0 Å². The zero-order chi connectivity index (χ0) is 12.4. The van der Waals surface area contributed by atoms with Crippen molar-refractivity contribution in [2.24, 2.45) is 0 Å². The number of benzene rings is 1. The second-order valence-electron chi connectivity index (χ2n) is 3.71. The molecule has 0 aliphatic carbocycles. The number of nitrogens with zero attached hydrogens (tertiary/aromatic N) is 3. The normalized spacial score (nSPS) is 10.5. The van der Waals surface area contributed by atoms with Crippen LogP contribution in [0.25, 0.3) is 10.9 Å². The van der Waals surface area contributed by atoms with E-state index in [1.165, 1.54) is 0 Å². The molecule has 2 heterocycles. The summed E-state index contributed by atoms with van der Waals surface area (Å²) in [7, 11) is 0. The molecular weight excluding hydrogens is 248 g/mol. The summed E-state index contributed by atoms with van der Waals surface area (Å²) < 4.78 is 0. The molecule has 3 rings (SSSR count). The zero-order valence-corrected chi connectivity index (χ0v) is 10.1. The maximum absolute atomic E-state index is 6.18. The number of anilines is 2. The van der Waals surface area contributed by atoms with Gasteiger partial charge in [-0.05, 0) is 6.07 Å². The highest BCUT2D eigenvalue weighted by molar-refractivity contribution is 6.34. The van der Waals surface area contributed by atoms with Crippen LogP contribution in [-0.2, 0) is 0 Å². The van der Waals surface area contributed by atoms with Crippen LogP contribution in [-0.4, -0.2) is 15.0 Å². The number of fused-ring (bicyclic) bond motifs is 1. The van der Waals surface area contributed by atoms with Crippen LogP contribution in [0.4, 0.5) is 11.5 Å². The van der Waals surface area contributed by atoms with E-state index in [4.69, 9.17) is 11.6 Å². The van der Waals surface area contributed by atoms with Crippen molar-refractivity contribution in [1.82, 2.24) is 15.0 Å². The third kappa shape index (κ3) is 1.98. The molecule has 0 unspecified atom stereocenters. The van der Waals surface area contributed by atoms with Gasteiger partial charge in [-0.25, -0.2) is 4.98 Å². The van der Waals surface area contributed by atoms with Crippen molar-refractivity contribution >= 4 is 34.0 Å². The first-order chi connectivity index (χ1) is 8.84. The van der Waals surface area contributed by atoms with Crippen LogP contribution in [0.5, 0.6) is 0 Å². The highest BCUT2D eigenvalue weighted by Crippen LogP contribution is 2.31. The Morgan fingerprint density at radius 1 is 1.00 bits per heavy atom. The van der Waals surface area contributed by atoms with Crippen LogP contribution in [0.15, 0.2) is 49.1 Å². The number of halogens is 1. The highest BCUT2D eigenvalue weighted by Gasteiger charge is 2.07. The topological polar surface area (TPSA) is 50.7 Å². The largest absolute Gasteiger partial charge is 0.337 e. The summed E-state index contributed by atoms with van der Waals surface area (Å²) in [5.41, 5.74) is 1.68. The summed E-state index contributed by atoms with van der Waals surface area (Å²) in [5, 5.41) is 4.68. The van der Waals surface area contributed by atoms with Crippen LogP contribution < -0.4 is 5.32 Å². The number of aromatic nitrogens is 3. The van der Waals surface area contributed by atoms with Gasteiger partial charge >= 0.3 is 0 Å². The van der Waals surface area contributed by atoms with Crippen LogP contribution >= 0.6 is 11.6 Å². The predicted molar refractivity (Wildman–Crippen MR) is 72.1 cm³/mol. The molecule has 0 saturated carbocycles. The Morgan fingerprint density at radius 3 is 2.72 bits per heavy atom. The molecule has 1 aromatic carbocycles. The summed E-state index contributed by atoms with van der Waals surface area (Å²) in [6.45, 7) is 0. The van der Waals surface area contributed by atoms with Gasteiger partial charge in [-0.3, -0.25) is 9.97 Å². The Labute approximate surface area is 109 Å². The second kappa shape index (κ2) is 4.58. The maximum Gasteiger partial charge on any atom is 0.148 e. The number of para-hydroxylation sites is 1. The summed E-state index contributed by atoms with van der Waals surface area (Å²) in [6.07, 6.45) is 6.52. The quantitative estimate of drug-likeness (QED) is 0.763. The van der Waals surface area contributed by atoms with E-state index in [0.29, 0.717) is 10.8 Å². The van der Waals surface area contributed by atoms with Gasteiger partial charge in [-0.1, -0.05) is 29.8 Å². The molecule has 4 nitrogen and oxygen atoms in total. The summed E-state index contributed by atoms with van der Waals surface area (Å²) in [5.74, 6) is 0.649. The fourth-order valence-corrected chi connectivity index (χ4v) is 1.93. The van der Waals surface area contributed by atoms with Gasteiger partial charge in [0.05, 0.1) is 22.4 Å². The lowest BCUT2D eigenvalue weighted by molar-refractivity contribution is 1.20. The van der Waals surface area contributed by atoms with E-state index in [-0.39, 0.29) is 0 Å². The van der Waals surface area contributed by atoms with Crippen LogP contribution in [0.3, 0.4) is 0 Å². The minimum absolute atomic E-state index is 0.555. The molecule has 0 radical (unpaired) electrons. The van der Waals surface area contributed by atoms with Crippen molar-refractivity contribution < 1.29 is 0 Å². The molecule has 88 valence electrons. The highest BCUT2D eigenvalue weighted by atomic mass is 35.5. The Hall–Kier alpha value is -2.20. The smallest absolute Gasteiger partial charge is 0.148 e. The molecule has 0 fully saturated rings. The Balaban J connectivity index is 2.13. The molecular formula is C13H9ClN4. The van der Waals surface area contributed by atoms with Gasteiger partial charge in [0.2, 0.25) is 0 Å². The Morgan fingerprint density at radius 2 is 1.89 bits per heavy atom. The van der Waals surface area contributed by atoms with Gasteiger partial charge in [0.15, 0.2) is 0 Å². The molecule has 0 amide bonds. The standard InChI is InChI=1S/C13H9ClN4/c14-10-7-17-11-4-2-1-3-9(11)13(10)18-12-8-15-5-6-16-12/h1-8H,(H,16,17,18). The number of rotatable bonds is 2. The molecule has 0 atom stereocenters. The third-order valence-electron chi connectivity index (χ3n) is 2.55. The van der Waals surface area contributed by atoms with E-state index in [0.717, 1.165) is 16.6 Å². The molecule has 0 bridgehead atoms. The SMILES string of the molecule is Clc1cnc2ccccc2c1Nc1cnccn1. The van der Waals surface area contributed by atoms with Crippen molar-refractivity contribution in [3.05, 3.63) is 54.1 Å². The van der Waals surface area contributed by atoms with Crippen LogP contribution in [0.1, 0.15) is 0 Å². The maximum atomic E-state index is 6.18. The monoisotopic (exact) mass is 256 g/mol. The third-order valence-corrected chi connectivity index (χ3v) is 2.83. The predicted octanol–water partition coefficient (Wildman–Crippen LogP) is 3.42. The van der Waals surface area contributed by atoms with E-state index < -0.39 is 0 Å². The van der Waals surface area contributed by atoms with Crippen molar-refractivity contribution in [3.63, 3.8) is 0 Å². The summed E-state index contributed by atoms with van der Waals surface area (Å²) in [4.78, 5) is 12.5. The van der Waals surface area contributed by atoms with Gasteiger partial charge in [0.1, 0.15) is 5.82 Å². The van der Waals surface area contributed by atoms with Gasteiger partial charge in [0.25, 0.3) is 0 Å². The molecule has 1 N–H and O–H groups in total. The molecule has 0 saturated heterocycles. The van der Waals surface area contributed by atoms with E-state index >= 15 is 0 Å². The van der Waals surface area contributed by atoms with Gasteiger partial charge in [-0.15, -0.1) is 0 Å². The average molecular weight is 257 g/mol. The van der Waals surface area contributed by atoms with E-state index in [1.807, 2.05) is 24.3 Å². The van der Waals surface area contributed by atoms with Gasteiger partial charge in [0, 0.05) is 24.0 Å². The fraction of sp³-hybridized carbons (Fsp3) is 0. The number of pyridine rings is 1. The van der Waals surface area contributed by atoms with Crippen LogP contribution in [0, 0.1) is 0 Å². The molecule has 0 aliphatic rings. The van der Waals surface area contributed by atoms with E-state index in [1.54, 1.807) is 24.8 Å². The molecule has 5 heteroatoms. The van der Waals surface area contributed by atoms with Gasteiger partial charge < -0.3 is 5.32 Å². The Bertz CT molecular complexity index is 685. The van der Waals surface area contributed by atoms with Gasteiger partial charge in [-0.2, -0.15) is 0 Å². The number of hydrogen-bond acceptors (Lipinski definition) is 4. The lowest BCUT2D eigenvalue weighted by Gasteiger charge is -2.10. The average Bonchev–Trinajstić information content (AvgIpc) is 2.43. The second-order valence-corrected chi connectivity index (χ2v) is 4.12. The number of nitrogens with one attached hydrogen (secondary N) is 1. The minimum Gasteiger partial charge on any atom is -0.337 e. The molecule has 18 heavy (non-hydrogen) atoms. The Kier molecular flexibility index (Phi) is 2.78. The first-order valence-corrected chi connectivity index (χ1v) is 5.78. The van der Waals surface area contributed by atoms with Crippen molar-refractivity contribution in [1.29, 1.82) is 0 Å². The van der Waals surface area contributed by atoms with Crippen molar-refractivity contribution in [3.8, 4) is 0 Å². The van der Waals surface area contributed by atoms with Crippen molar-refractivity contribution in [2.75, 3.05) is 5.32 Å². The molecule has 2 aromatic heterocycles. The fourth-order valence-electron chi connectivity index (χ4n) is 1.74. The summed E-state index contributed by atoms with van der Waals surface area (Å²) in [6, 6.07) is 7.79. The first-order valence-electron chi connectivity index (χ1n) is 5.41. The minimum atomic E-state index is 0.555. The lowest BCUT2D eigenvalue weighted by Crippen LogP contribution is -1.96. The zero-order valence-electron chi connectivity index (χ0n) is 9.34. The van der Waals surface area contributed by atoms with Crippen molar-refractivity contribution in [2.45, 2.75) is 0 Å². The number of hydrogen-bond donors (Lipinski definition) is 1. The van der Waals surface area contributed by atoms with Crippen LogP contribution in [0.2, 0.25) is 5.02 Å².